The molecule has 2 unspecified atom stereocenters. The average Bonchev–Trinajstić information content (AvgIpc) is 3.51. The van der Waals surface area contributed by atoms with Crippen molar-refractivity contribution in [3.63, 3.8) is 0 Å². The lowest BCUT2D eigenvalue weighted by Crippen LogP contribution is -2.29. The topological polar surface area (TPSA) is 79.6 Å². The quantitative estimate of drug-likeness (QED) is 0.280. The van der Waals surface area contributed by atoms with Gasteiger partial charge in [0.15, 0.2) is 5.11 Å². The Bertz CT molecular complexity index is 1430. The van der Waals surface area contributed by atoms with E-state index < -0.39 is 0 Å². The zero-order valence-corrected chi connectivity index (χ0v) is 21.8. The molecule has 1 saturated heterocycles. The van der Waals surface area contributed by atoms with E-state index in [0.29, 0.717) is 15.8 Å². The second-order valence-electron chi connectivity index (χ2n) is 8.64. The molecule has 3 heterocycles. The number of rotatable bonds is 7. The van der Waals surface area contributed by atoms with Gasteiger partial charge in [-0.25, -0.2) is 0 Å². The molecule has 7 nitrogen and oxygen atoms in total. The minimum atomic E-state index is -0.301. The van der Waals surface area contributed by atoms with E-state index >= 15 is 0 Å². The number of amides is 1. The molecule has 2 aromatic heterocycles. The third kappa shape index (κ3) is 5.09. The lowest BCUT2D eigenvalue weighted by molar-refractivity contribution is -0.119. The van der Waals surface area contributed by atoms with Crippen molar-refractivity contribution in [1.82, 2.24) is 10.3 Å². The number of nitrogens with zero attached hydrogens (tertiary/aromatic N) is 2. The number of anilines is 2. The Balaban J connectivity index is 1.52. The molecule has 188 valence electrons. The summed E-state index contributed by atoms with van der Waals surface area (Å²) in [6.07, 6.45) is 1.76. The van der Waals surface area contributed by atoms with Gasteiger partial charge in [-0.1, -0.05) is 29.8 Å². The van der Waals surface area contributed by atoms with Crippen LogP contribution in [0.25, 0.3) is 11.3 Å². The van der Waals surface area contributed by atoms with Crippen LogP contribution in [0.2, 0.25) is 5.02 Å². The first kappa shape index (κ1) is 25.0. The maximum absolute atomic E-state index is 11.9. The van der Waals surface area contributed by atoms with Gasteiger partial charge in [0.05, 0.1) is 11.7 Å². The number of carbonyl (C=O) groups excluding carboxylic acids is 1. The van der Waals surface area contributed by atoms with Gasteiger partial charge >= 0.3 is 0 Å². The number of thiocarbonyl (C=S) groups is 1. The van der Waals surface area contributed by atoms with Gasteiger partial charge in [-0.05, 0) is 79.3 Å². The Kier molecular flexibility index (Phi) is 7.23. The van der Waals surface area contributed by atoms with Crippen LogP contribution in [0.1, 0.15) is 29.1 Å². The van der Waals surface area contributed by atoms with E-state index in [1.54, 1.807) is 6.20 Å². The van der Waals surface area contributed by atoms with Gasteiger partial charge < -0.3 is 24.7 Å². The Morgan fingerprint density at radius 2 is 1.95 bits per heavy atom. The number of aromatic nitrogens is 1. The molecule has 2 aromatic carbocycles. The van der Waals surface area contributed by atoms with Gasteiger partial charge in [0.1, 0.15) is 24.2 Å². The van der Waals surface area contributed by atoms with Crippen molar-refractivity contribution in [2.24, 2.45) is 0 Å². The number of benzene rings is 2. The van der Waals surface area contributed by atoms with Crippen LogP contribution < -0.4 is 15.5 Å². The van der Waals surface area contributed by atoms with Gasteiger partial charge in [0.25, 0.3) is 0 Å². The number of halogens is 1. The fourth-order valence-corrected chi connectivity index (χ4v) is 5.01. The summed E-state index contributed by atoms with van der Waals surface area (Å²) in [5.41, 5.74) is 4.25. The summed E-state index contributed by atoms with van der Waals surface area (Å²) in [6.45, 7) is 1.96. The monoisotopic (exact) mass is 532 g/mol. The highest BCUT2D eigenvalue weighted by atomic mass is 35.5. The highest BCUT2D eigenvalue weighted by molar-refractivity contribution is 7.80. The van der Waals surface area contributed by atoms with E-state index in [4.69, 9.17) is 33.0 Å². The van der Waals surface area contributed by atoms with Gasteiger partial charge in [-0.2, -0.15) is 0 Å². The maximum Gasteiger partial charge on any atom is 0.250 e. The molecule has 0 aliphatic carbocycles. The van der Waals surface area contributed by atoms with Crippen molar-refractivity contribution >= 4 is 46.2 Å². The third-order valence-corrected chi connectivity index (χ3v) is 6.98. The molecule has 5 rings (SSSR count). The lowest BCUT2D eigenvalue weighted by atomic mass is 10.0. The van der Waals surface area contributed by atoms with Gasteiger partial charge in [0, 0.05) is 35.3 Å². The third-order valence-electron chi connectivity index (χ3n) is 6.25. The molecule has 0 radical (unpaired) electrons. The smallest absolute Gasteiger partial charge is 0.250 e. The van der Waals surface area contributed by atoms with Crippen molar-refractivity contribution in [3.05, 3.63) is 101 Å². The van der Waals surface area contributed by atoms with Crippen molar-refractivity contribution in [2.45, 2.75) is 19.0 Å². The van der Waals surface area contributed by atoms with Crippen molar-refractivity contribution in [1.29, 1.82) is 0 Å². The van der Waals surface area contributed by atoms with Crippen LogP contribution >= 0.6 is 23.8 Å². The largest absolute Gasteiger partial charge is 0.459 e. The van der Waals surface area contributed by atoms with Crippen LogP contribution in [-0.4, -0.2) is 29.7 Å². The molecule has 1 amide bonds. The second kappa shape index (κ2) is 10.7. The Hall–Kier alpha value is -3.72. The number of ether oxygens (including phenoxy) is 1. The van der Waals surface area contributed by atoms with Crippen molar-refractivity contribution < 1.29 is 13.9 Å². The first-order valence-electron chi connectivity index (χ1n) is 11.7. The van der Waals surface area contributed by atoms with E-state index in [1.807, 2.05) is 84.6 Å². The predicted molar refractivity (Wildman–Crippen MR) is 149 cm³/mol. The van der Waals surface area contributed by atoms with Gasteiger partial charge in [-0.15, -0.1) is 0 Å². The van der Waals surface area contributed by atoms with Crippen LogP contribution in [0.3, 0.4) is 0 Å². The molecule has 37 heavy (non-hydrogen) atoms. The summed E-state index contributed by atoms with van der Waals surface area (Å²) in [4.78, 5) is 18.5. The summed E-state index contributed by atoms with van der Waals surface area (Å²) in [6, 6.07) is 22.4. The van der Waals surface area contributed by atoms with Gasteiger partial charge in [0.2, 0.25) is 5.91 Å². The van der Waals surface area contributed by atoms with Crippen LogP contribution in [0.5, 0.6) is 0 Å². The van der Waals surface area contributed by atoms with E-state index in [9.17, 15) is 4.79 Å². The van der Waals surface area contributed by atoms with Crippen LogP contribution in [-0.2, 0) is 9.53 Å². The molecule has 1 aliphatic rings. The van der Waals surface area contributed by atoms with E-state index in [1.165, 1.54) is 7.11 Å². The highest BCUT2D eigenvalue weighted by Crippen LogP contribution is 2.43. The minimum Gasteiger partial charge on any atom is -0.459 e. The fourth-order valence-electron chi connectivity index (χ4n) is 4.49. The molecule has 1 fully saturated rings. The zero-order chi connectivity index (χ0) is 25.9. The summed E-state index contributed by atoms with van der Waals surface area (Å²) in [5, 5.41) is 7.47. The van der Waals surface area contributed by atoms with E-state index in [0.717, 1.165) is 34.0 Å². The Morgan fingerprint density at radius 3 is 2.68 bits per heavy atom. The molecule has 2 N–H and O–H groups in total. The van der Waals surface area contributed by atoms with Crippen molar-refractivity contribution in [2.75, 3.05) is 23.9 Å². The summed E-state index contributed by atoms with van der Waals surface area (Å²) in [5.74, 6) is 1.24. The molecule has 2 atom stereocenters. The fraction of sp³-hybridized carbons (Fsp3) is 0.179. The molecular weight excluding hydrogens is 508 g/mol. The SMILES string of the molecule is COCC(=O)Nc1ccc(N2C(=S)NC(c3ccccn3)C2c2ccc(-c3cccc(Cl)c3C)o2)cc1. The summed E-state index contributed by atoms with van der Waals surface area (Å²) >= 11 is 12.2. The van der Waals surface area contributed by atoms with Gasteiger partial charge in [-0.3, -0.25) is 9.78 Å². The lowest BCUT2D eigenvalue weighted by Gasteiger charge is -2.26. The number of carbonyl (C=O) groups is 1. The van der Waals surface area contributed by atoms with Crippen LogP contribution in [0.4, 0.5) is 11.4 Å². The molecular formula is C28H25ClN4O3S. The number of nitrogens with one attached hydrogen (secondary N) is 2. The predicted octanol–water partition coefficient (Wildman–Crippen LogP) is 6.07. The molecule has 0 saturated carbocycles. The van der Waals surface area contributed by atoms with E-state index in [2.05, 4.69) is 15.6 Å². The molecule has 4 aromatic rings. The number of furan rings is 1. The summed E-state index contributed by atoms with van der Waals surface area (Å²) in [7, 11) is 1.48. The highest BCUT2D eigenvalue weighted by Gasteiger charge is 2.42. The number of hydrogen-bond acceptors (Lipinski definition) is 5. The van der Waals surface area contributed by atoms with E-state index in [-0.39, 0.29) is 24.6 Å². The number of hydrogen-bond donors (Lipinski definition) is 2. The number of methoxy groups -OCH3 is 1. The maximum atomic E-state index is 11.9. The Labute approximate surface area is 225 Å². The molecule has 1 aliphatic heterocycles. The first-order chi connectivity index (χ1) is 18.0. The average molecular weight is 533 g/mol. The number of pyridine rings is 1. The summed E-state index contributed by atoms with van der Waals surface area (Å²) < 4.78 is 11.3. The standard InChI is InChI=1S/C28H25ClN4O3S/c1-17-20(6-5-7-21(17)29)23-13-14-24(36-23)27-26(22-8-3-4-15-30-22)32-28(37)33(27)19-11-9-18(10-12-19)31-25(34)16-35-2/h3-15,26-27H,16H2,1-2H3,(H,31,34)(H,32,37). The molecule has 0 spiro atoms. The normalized spacial score (nSPS) is 17.1. The Morgan fingerprint density at radius 1 is 1.14 bits per heavy atom. The van der Waals surface area contributed by atoms with Crippen LogP contribution in [0.15, 0.2) is 83.4 Å². The minimum absolute atomic E-state index is 0.0113. The zero-order valence-electron chi connectivity index (χ0n) is 20.3. The second-order valence-corrected chi connectivity index (χ2v) is 9.43. The molecule has 9 heteroatoms. The van der Waals surface area contributed by atoms with Crippen LogP contribution in [0, 0.1) is 6.92 Å². The first-order valence-corrected chi connectivity index (χ1v) is 12.5. The molecule has 0 bridgehead atoms. The van der Waals surface area contributed by atoms with Crippen molar-refractivity contribution in [3.8, 4) is 11.3 Å².